The van der Waals surface area contributed by atoms with Gasteiger partial charge < -0.3 is 20.8 Å². The zero-order chi connectivity index (χ0) is 57.0. The van der Waals surface area contributed by atoms with Crippen LogP contribution in [0.3, 0.4) is 0 Å². The van der Waals surface area contributed by atoms with Crippen LogP contribution in [-0.4, -0.2) is 124 Å². The maximum Gasteiger partial charge on any atom is 0.397 e. The van der Waals surface area contributed by atoms with Crippen molar-refractivity contribution in [3.8, 4) is 11.5 Å². The monoisotopic (exact) mass is 1220 g/mol. The number of nitrogens with one attached hydrogen (secondary N) is 2. The first kappa shape index (κ1) is 57.6. The minimum absolute atomic E-state index is 0.0242. The van der Waals surface area contributed by atoms with Crippen LogP contribution in [0.4, 0.5) is 46.0 Å². The molecule has 0 amide bonds. The van der Waals surface area contributed by atoms with Crippen LogP contribution >= 0.6 is 11.6 Å². The smallest absolute Gasteiger partial charge is 0.397 e. The number of fused-ring (bicyclic) bond motifs is 2. The van der Waals surface area contributed by atoms with Gasteiger partial charge in [0, 0.05) is 27.5 Å². The number of halogens is 1. The van der Waals surface area contributed by atoms with E-state index in [1.807, 2.05) is 0 Å². The first-order valence-electron chi connectivity index (χ1n) is 19.8. The van der Waals surface area contributed by atoms with Gasteiger partial charge in [0.2, 0.25) is 17.2 Å². The van der Waals surface area contributed by atoms with E-state index in [9.17, 15) is 91.9 Å². The molecule has 0 saturated carbocycles. The van der Waals surface area contributed by atoms with E-state index >= 15 is 0 Å². The molecule has 1 aromatic heterocycles. The van der Waals surface area contributed by atoms with Gasteiger partial charge in [0.1, 0.15) is 42.3 Å². The van der Waals surface area contributed by atoms with Gasteiger partial charge in [-0.25, -0.2) is 12.6 Å². The Morgan fingerprint density at radius 2 is 1.04 bits per heavy atom. The van der Waals surface area contributed by atoms with Gasteiger partial charge in [0.05, 0.1) is 22.2 Å². The molecule has 0 fully saturated rings. The summed E-state index contributed by atoms with van der Waals surface area (Å²) >= 11 is 6.09. The number of aromatic hydroxyl groups is 2. The Kier molecular flexibility index (Phi) is 15.5. The second-order valence-corrected chi connectivity index (χ2v) is 25.6. The molecule has 32 nitrogen and oxygen atoms in total. The number of phenols is 2. The number of aromatic nitrogens is 3. The molecule has 0 bridgehead atoms. The molecule has 0 radical (unpaired) electrons. The Bertz CT molecular complexity index is 4550. The first-order chi connectivity index (χ1) is 35.4. The van der Waals surface area contributed by atoms with Gasteiger partial charge in [-0.05, 0) is 95.8 Å². The van der Waals surface area contributed by atoms with Crippen LogP contribution in [0.1, 0.15) is 0 Å². The summed E-state index contributed by atoms with van der Waals surface area (Å²) in [6, 6.07) is 12.1. The van der Waals surface area contributed by atoms with Crippen LogP contribution in [0.25, 0.3) is 21.5 Å². The molecule has 0 aliphatic carbocycles. The molecule has 40 heteroatoms. The fourth-order valence-electron chi connectivity index (χ4n) is 6.76. The lowest BCUT2D eigenvalue weighted by Crippen LogP contribution is -2.15. The van der Waals surface area contributed by atoms with Crippen LogP contribution in [-0.2, 0) is 75.0 Å². The molecule has 77 heavy (non-hydrogen) atoms. The zero-order valence-electron chi connectivity index (χ0n) is 37.1. The molecule has 6 aromatic carbocycles. The molecule has 0 spiro atoms. The van der Waals surface area contributed by atoms with Crippen molar-refractivity contribution in [3.05, 3.63) is 90.2 Å². The molecule has 0 saturated heterocycles. The lowest BCUT2D eigenvalue weighted by Gasteiger charge is -2.13. The van der Waals surface area contributed by atoms with Gasteiger partial charge in [-0.1, -0.05) is 6.07 Å². The highest BCUT2D eigenvalue weighted by Gasteiger charge is 2.30. The standard InChI is InChI=1S/C37H28ClN9O23S7/c38-35-41-36(39-18-2-1-3-20(14-18)71(50,51)11-10-70-77(67,68)69)43-37(42-35)40-19-4-9-27(73(55,56)57)26(15-19)45-47-31-29(75(61,62)63)16-24-23(33(31)49)7-8-25(34(24)76(64,65)66)44-46-30-28(74(58,59)60)13-17-12-21(72(52,53)54)5-6-22(17)32(30)48/h1-9,12-16,48-49H,10-11H2,(H,52,53,54)(H,55,56,57)(H,58,59,60)(H,61,62,63)(H,64,65,66)(H,67,68,69)(H2,39,40,41,42,43). The third-order valence-corrected chi connectivity index (χ3v) is 16.7. The van der Waals surface area contributed by atoms with E-state index in [4.69, 9.17) is 16.2 Å². The topological polar surface area (TPSA) is 522 Å². The summed E-state index contributed by atoms with van der Waals surface area (Å²) in [7, 11) is -36.1. The minimum Gasteiger partial charge on any atom is -0.505 e. The Morgan fingerprint density at radius 3 is 1.60 bits per heavy atom. The number of anilines is 4. The fraction of sp³-hybridized carbons (Fsp3) is 0.0541. The highest BCUT2D eigenvalue weighted by atomic mass is 35.5. The Balaban J connectivity index is 1.27. The van der Waals surface area contributed by atoms with Crippen molar-refractivity contribution in [1.29, 1.82) is 0 Å². The molecule has 1 heterocycles. The van der Waals surface area contributed by atoms with E-state index in [2.05, 4.69) is 50.2 Å². The lowest BCUT2D eigenvalue weighted by molar-refractivity contribution is 0.283. The van der Waals surface area contributed by atoms with Crippen LogP contribution in [0.15, 0.2) is 135 Å². The van der Waals surface area contributed by atoms with Crippen LogP contribution in [0, 0.1) is 0 Å². The summed E-state index contributed by atoms with van der Waals surface area (Å²) in [6.07, 6.45) is 0. The molecule has 10 N–H and O–H groups in total. The van der Waals surface area contributed by atoms with Gasteiger partial charge in [-0.2, -0.15) is 65.5 Å². The number of sulfone groups is 1. The van der Waals surface area contributed by atoms with Crippen molar-refractivity contribution < 1.29 is 101 Å². The number of rotatable bonds is 18. The molecule has 0 aliphatic heterocycles. The second-order valence-electron chi connectivity index (χ2n) is 15.1. The van der Waals surface area contributed by atoms with Crippen LogP contribution < -0.4 is 10.6 Å². The molecule has 0 aliphatic rings. The number of hydrogen-bond donors (Lipinski definition) is 10. The van der Waals surface area contributed by atoms with Crippen molar-refractivity contribution in [2.24, 2.45) is 20.5 Å². The second kappa shape index (κ2) is 20.7. The van der Waals surface area contributed by atoms with Gasteiger partial charge in [-0.15, -0.1) is 20.5 Å². The fourth-order valence-corrected chi connectivity index (χ4v) is 11.7. The van der Waals surface area contributed by atoms with Crippen LogP contribution in [0.2, 0.25) is 5.28 Å². The molecule has 0 atom stereocenters. The largest absolute Gasteiger partial charge is 0.505 e. The van der Waals surface area contributed by atoms with E-state index < -0.39 is 169 Å². The van der Waals surface area contributed by atoms with Crippen molar-refractivity contribution in [2.75, 3.05) is 23.0 Å². The average Bonchev–Trinajstić information content (AvgIpc) is 3.28. The quantitative estimate of drug-likeness (QED) is 0.0380. The van der Waals surface area contributed by atoms with E-state index in [1.54, 1.807) is 0 Å². The summed E-state index contributed by atoms with van der Waals surface area (Å²) in [6.45, 7) is -0.920. The van der Waals surface area contributed by atoms with Gasteiger partial charge in [0.25, 0.3) is 50.6 Å². The predicted molar refractivity (Wildman–Crippen MR) is 262 cm³/mol. The van der Waals surface area contributed by atoms with Gasteiger partial charge in [-0.3, -0.25) is 27.3 Å². The number of benzene rings is 6. The van der Waals surface area contributed by atoms with E-state index in [0.717, 1.165) is 48.5 Å². The maximum atomic E-state index is 12.9. The number of phenolic OH excluding ortho intramolecular Hbond substituents is 2. The van der Waals surface area contributed by atoms with Crippen molar-refractivity contribution >= 4 is 150 Å². The average molecular weight is 1230 g/mol. The highest BCUT2D eigenvalue weighted by Crippen LogP contribution is 2.47. The first-order valence-corrected chi connectivity index (χ1v) is 30.4. The van der Waals surface area contributed by atoms with Crippen LogP contribution in [0.5, 0.6) is 11.5 Å². The normalized spacial score (nSPS) is 13.2. The van der Waals surface area contributed by atoms with Crippen molar-refractivity contribution in [3.63, 3.8) is 0 Å². The van der Waals surface area contributed by atoms with Crippen molar-refractivity contribution in [1.82, 2.24) is 15.0 Å². The molecular formula is C37H28ClN9O23S7. The maximum absolute atomic E-state index is 12.9. The Morgan fingerprint density at radius 1 is 0.494 bits per heavy atom. The molecule has 0 unspecified atom stereocenters. The van der Waals surface area contributed by atoms with Crippen molar-refractivity contribution in [2.45, 2.75) is 29.4 Å². The van der Waals surface area contributed by atoms with Gasteiger partial charge >= 0.3 is 10.4 Å². The van der Waals surface area contributed by atoms with Gasteiger partial charge in [0.15, 0.2) is 21.3 Å². The molecule has 7 rings (SSSR count). The molecule has 7 aromatic rings. The summed E-state index contributed by atoms with van der Waals surface area (Å²) < 4.78 is 235. The lowest BCUT2D eigenvalue weighted by atomic mass is 10.1. The van der Waals surface area contributed by atoms with E-state index in [0.29, 0.717) is 24.3 Å². The Labute approximate surface area is 437 Å². The number of hydrogen-bond acceptors (Lipinski definition) is 26. The third kappa shape index (κ3) is 13.4. The Hall–Kier alpha value is -7.09. The number of azo groups is 2. The SMILES string of the molecule is O=S(=O)(O)OCCS(=O)(=O)c1cccc(Nc2nc(Cl)nc(Nc3ccc(S(=O)(=O)O)c(N=Nc4c(S(=O)(=O)O)cc5c(S(=O)(=O)O)c(N=Nc6c(S(=O)(=O)O)cc7cc(S(=O)(=O)O)ccc7c6O)ccc5c4O)c3)n2)c1. The molecule has 408 valence electrons. The summed E-state index contributed by atoms with van der Waals surface area (Å²) in [5.74, 6) is -4.11. The number of nitrogens with zero attached hydrogens (tertiary/aromatic N) is 7. The summed E-state index contributed by atoms with van der Waals surface area (Å²) in [5, 5.41) is 39.0. The van der Waals surface area contributed by atoms with E-state index in [-0.39, 0.29) is 27.6 Å². The summed E-state index contributed by atoms with van der Waals surface area (Å²) in [5.41, 5.74) is -4.41. The minimum atomic E-state index is -5.69. The predicted octanol–water partition coefficient (Wildman–Crippen LogP) is 5.39. The zero-order valence-corrected chi connectivity index (χ0v) is 43.5. The summed E-state index contributed by atoms with van der Waals surface area (Å²) in [4.78, 5) is 5.50. The molecular weight excluding hydrogens is 1200 g/mol. The van der Waals surface area contributed by atoms with E-state index in [1.165, 1.54) is 12.1 Å². The third-order valence-electron chi connectivity index (χ3n) is 9.95. The highest BCUT2D eigenvalue weighted by molar-refractivity contribution is 7.91.